The molecule has 0 radical (unpaired) electrons. The monoisotopic (exact) mass is 338 g/mol. The number of para-hydroxylation sites is 1. The summed E-state index contributed by atoms with van der Waals surface area (Å²) in [4.78, 5) is 26.8. The normalized spacial score (nSPS) is 26.6. The highest BCUT2D eigenvalue weighted by molar-refractivity contribution is 9.10. The predicted octanol–water partition coefficient (Wildman–Crippen LogP) is 2.86. The van der Waals surface area contributed by atoms with E-state index in [1.807, 2.05) is 38.1 Å². The van der Waals surface area contributed by atoms with E-state index >= 15 is 0 Å². The molecule has 0 saturated carbocycles. The molecule has 108 valence electrons. The van der Waals surface area contributed by atoms with E-state index in [9.17, 15) is 9.59 Å². The van der Waals surface area contributed by atoms with E-state index in [2.05, 4.69) is 21.2 Å². The molecule has 1 aliphatic heterocycles. The summed E-state index contributed by atoms with van der Waals surface area (Å²) in [6.07, 6.45) is 1.15. The first-order valence-electron chi connectivity index (χ1n) is 6.84. The van der Waals surface area contributed by atoms with E-state index in [1.54, 1.807) is 11.8 Å². The first-order chi connectivity index (χ1) is 9.44. The Bertz CT molecular complexity index is 546. The van der Waals surface area contributed by atoms with Gasteiger partial charge in [0.2, 0.25) is 5.91 Å². The van der Waals surface area contributed by atoms with Crippen LogP contribution in [0.4, 0.5) is 5.69 Å². The molecule has 5 heteroatoms. The zero-order valence-electron chi connectivity index (χ0n) is 11.9. The highest BCUT2D eigenvalue weighted by atomic mass is 79.9. The summed E-state index contributed by atoms with van der Waals surface area (Å²) in [5.74, 6) is -0.148. The Kier molecular flexibility index (Phi) is 4.18. The van der Waals surface area contributed by atoms with Gasteiger partial charge in [0.1, 0.15) is 11.6 Å². The summed E-state index contributed by atoms with van der Waals surface area (Å²) in [5, 5.41) is 2.87. The lowest BCUT2D eigenvalue weighted by Gasteiger charge is -2.44. The van der Waals surface area contributed by atoms with Crippen LogP contribution >= 0.6 is 15.9 Å². The van der Waals surface area contributed by atoms with Gasteiger partial charge in [-0.25, -0.2) is 0 Å². The highest BCUT2D eigenvalue weighted by Gasteiger charge is 2.47. The second-order valence-electron chi connectivity index (χ2n) is 5.23. The van der Waals surface area contributed by atoms with E-state index in [0.29, 0.717) is 12.8 Å². The largest absolute Gasteiger partial charge is 0.340 e. The van der Waals surface area contributed by atoms with Crippen molar-refractivity contribution in [1.82, 2.24) is 5.32 Å². The number of carbonyl (C=O) groups is 2. The zero-order chi connectivity index (χ0) is 14.9. The SMILES string of the molecule is CCC1C(=O)NC(C)(CC)C(=O)N1c1ccccc1Br. The van der Waals surface area contributed by atoms with Gasteiger partial charge in [0.15, 0.2) is 0 Å². The number of halogens is 1. The molecule has 1 fully saturated rings. The molecule has 2 rings (SSSR count). The number of nitrogens with zero attached hydrogens (tertiary/aromatic N) is 1. The first kappa shape index (κ1) is 15.0. The van der Waals surface area contributed by atoms with Crippen LogP contribution in [0.15, 0.2) is 28.7 Å². The van der Waals surface area contributed by atoms with Gasteiger partial charge in [-0.05, 0) is 47.8 Å². The lowest BCUT2D eigenvalue weighted by Crippen LogP contribution is -2.69. The minimum Gasteiger partial charge on any atom is -0.340 e. The van der Waals surface area contributed by atoms with Gasteiger partial charge < -0.3 is 5.32 Å². The summed E-state index contributed by atoms with van der Waals surface area (Å²) in [6.45, 7) is 5.60. The fourth-order valence-electron chi connectivity index (χ4n) is 2.47. The smallest absolute Gasteiger partial charge is 0.253 e. The predicted molar refractivity (Wildman–Crippen MR) is 82.5 cm³/mol. The minimum atomic E-state index is -0.835. The molecule has 0 bridgehead atoms. The van der Waals surface area contributed by atoms with Crippen molar-refractivity contribution in [2.45, 2.75) is 45.2 Å². The summed E-state index contributed by atoms with van der Waals surface area (Å²) in [5.41, 5.74) is -0.0863. The van der Waals surface area contributed by atoms with Crippen molar-refractivity contribution in [2.75, 3.05) is 4.90 Å². The molecule has 1 aliphatic rings. The first-order valence-corrected chi connectivity index (χ1v) is 7.64. The molecule has 1 aromatic carbocycles. The Labute approximate surface area is 127 Å². The molecule has 0 spiro atoms. The van der Waals surface area contributed by atoms with Gasteiger partial charge in [-0.15, -0.1) is 0 Å². The topological polar surface area (TPSA) is 49.4 Å². The van der Waals surface area contributed by atoms with E-state index < -0.39 is 11.6 Å². The van der Waals surface area contributed by atoms with Gasteiger partial charge in [0.05, 0.1) is 5.69 Å². The molecule has 2 amide bonds. The van der Waals surface area contributed by atoms with Gasteiger partial charge in [-0.3, -0.25) is 14.5 Å². The van der Waals surface area contributed by atoms with Crippen LogP contribution in [0.25, 0.3) is 0 Å². The minimum absolute atomic E-state index is 0.0571. The fraction of sp³-hybridized carbons (Fsp3) is 0.467. The Morgan fingerprint density at radius 1 is 1.30 bits per heavy atom. The summed E-state index contributed by atoms with van der Waals surface area (Å²) >= 11 is 3.47. The van der Waals surface area contributed by atoms with Gasteiger partial charge in [0, 0.05) is 4.47 Å². The molecule has 2 unspecified atom stereocenters. The van der Waals surface area contributed by atoms with Crippen molar-refractivity contribution in [3.8, 4) is 0 Å². The van der Waals surface area contributed by atoms with Crippen LogP contribution in [0.2, 0.25) is 0 Å². The molecule has 1 N–H and O–H groups in total. The fourth-order valence-corrected chi connectivity index (χ4v) is 2.94. The van der Waals surface area contributed by atoms with Crippen LogP contribution in [-0.4, -0.2) is 23.4 Å². The van der Waals surface area contributed by atoms with Crippen molar-refractivity contribution in [3.05, 3.63) is 28.7 Å². The van der Waals surface area contributed by atoms with E-state index in [-0.39, 0.29) is 11.8 Å². The Morgan fingerprint density at radius 2 is 1.95 bits per heavy atom. The molecule has 1 aromatic rings. The van der Waals surface area contributed by atoms with Gasteiger partial charge in [-0.2, -0.15) is 0 Å². The maximum Gasteiger partial charge on any atom is 0.253 e. The van der Waals surface area contributed by atoms with Gasteiger partial charge >= 0.3 is 0 Å². The lowest BCUT2D eigenvalue weighted by atomic mass is 9.90. The van der Waals surface area contributed by atoms with Crippen molar-refractivity contribution < 1.29 is 9.59 Å². The lowest BCUT2D eigenvalue weighted by molar-refractivity contribution is -0.138. The number of anilines is 1. The standard InChI is InChI=1S/C15H19BrN2O2/c1-4-11-13(19)17-15(3,5-2)14(20)18(11)12-9-7-6-8-10(12)16/h6-9,11H,4-5H2,1-3H3,(H,17,19). The number of rotatable bonds is 3. The molecule has 0 aliphatic carbocycles. The maximum atomic E-state index is 12.8. The van der Waals surface area contributed by atoms with E-state index in [4.69, 9.17) is 0 Å². The Morgan fingerprint density at radius 3 is 2.50 bits per heavy atom. The van der Waals surface area contributed by atoms with E-state index in [0.717, 1.165) is 10.2 Å². The van der Waals surface area contributed by atoms with Gasteiger partial charge in [0.25, 0.3) is 5.91 Å². The molecule has 1 saturated heterocycles. The van der Waals surface area contributed by atoms with Crippen molar-refractivity contribution in [1.29, 1.82) is 0 Å². The summed E-state index contributed by atoms with van der Waals surface area (Å²) in [7, 11) is 0. The van der Waals surface area contributed by atoms with E-state index in [1.165, 1.54) is 0 Å². The van der Waals surface area contributed by atoms with Crippen LogP contribution < -0.4 is 10.2 Å². The molecule has 1 heterocycles. The molecular formula is C15H19BrN2O2. The van der Waals surface area contributed by atoms with Crippen LogP contribution in [0.3, 0.4) is 0 Å². The van der Waals surface area contributed by atoms with Crippen LogP contribution in [0, 0.1) is 0 Å². The van der Waals surface area contributed by atoms with Gasteiger partial charge in [-0.1, -0.05) is 26.0 Å². The van der Waals surface area contributed by atoms with Crippen LogP contribution in [0.1, 0.15) is 33.6 Å². The van der Waals surface area contributed by atoms with Crippen molar-refractivity contribution in [3.63, 3.8) is 0 Å². The molecular weight excluding hydrogens is 320 g/mol. The Balaban J connectivity index is 2.53. The van der Waals surface area contributed by atoms with Crippen LogP contribution in [0.5, 0.6) is 0 Å². The number of benzene rings is 1. The van der Waals surface area contributed by atoms with Crippen molar-refractivity contribution in [2.24, 2.45) is 0 Å². The molecule has 2 atom stereocenters. The number of hydrogen-bond donors (Lipinski definition) is 1. The average Bonchev–Trinajstić information content (AvgIpc) is 2.43. The number of carbonyl (C=O) groups excluding carboxylic acids is 2. The number of amides is 2. The zero-order valence-corrected chi connectivity index (χ0v) is 13.5. The van der Waals surface area contributed by atoms with Crippen LogP contribution in [-0.2, 0) is 9.59 Å². The number of piperazine rings is 1. The summed E-state index contributed by atoms with van der Waals surface area (Å²) in [6, 6.07) is 7.04. The quantitative estimate of drug-likeness (QED) is 0.921. The second kappa shape index (κ2) is 5.56. The highest BCUT2D eigenvalue weighted by Crippen LogP contribution is 2.33. The summed E-state index contributed by atoms with van der Waals surface area (Å²) < 4.78 is 0.819. The molecule has 0 aromatic heterocycles. The molecule has 4 nitrogen and oxygen atoms in total. The third kappa shape index (κ3) is 2.35. The van der Waals surface area contributed by atoms with Crippen molar-refractivity contribution >= 4 is 33.4 Å². The number of hydrogen-bond acceptors (Lipinski definition) is 2. The molecule has 20 heavy (non-hydrogen) atoms. The Hall–Kier alpha value is -1.36. The maximum absolute atomic E-state index is 12.8. The number of nitrogens with one attached hydrogen (secondary N) is 1. The second-order valence-corrected chi connectivity index (χ2v) is 6.08. The average molecular weight is 339 g/mol. The third-order valence-electron chi connectivity index (χ3n) is 3.91. The third-order valence-corrected chi connectivity index (χ3v) is 4.58.